The zero-order valence-electron chi connectivity index (χ0n) is 16.0. The Kier molecular flexibility index (Phi) is 4.91. The van der Waals surface area contributed by atoms with Gasteiger partial charge in [0.15, 0.2) is 4.87 Å². The standard InChI is InChI=1S/C22H23FN2O2S/c1-15(2)12-20(26)25-10-11-28-22(25)18-8-3-4-9-19(18)24(21(22)27)14-16-6-5-7-17(23)13-16/h3-9,13,15H,10-12,14H2,1-2H3. The van der Waals surface area contributed by atoms with Gasteiger partial charge in [0.05, 0.1) is 12.2 Å². The number of anilines is 1. The third-order valence-electron chi connectivity index (χ3n) is 5.21. The first-order valence-corrected chi connectivity index (χ1v) is 10.5. The molecule has 4 rings (SSSR count). The Labute approximate surface area is 168 Å². The smallest absolute Gasteiger partial charge is 0.268 e. The molecule has 1 atom stereocenters. The zero-order valence-corrected chi connectivity index (χ0v) is 16.8. The molecule has 2 aromatic rings. The number of thioether (sulfide) groups is 1. The molecule has 0 saturated carbocycles. The van der Waals surface area contributed by atoms with Crippen molar-refractivity contribution >= 4 is 29.3 Å². The second kappa shape index (κ2) is 7.24. The Hall–Kier alpha value is -2.34. The monoisotopic (exact) mass is 398 g/mol. The molecular formula is C22H23FN2O2S. The van der Waals surface area contributed by atoms with E-state index in [-0.39, 0.29) is 30.1 Å². The molecule has 2 aliphatic heterocycles. The van der Waals surface area contributed by atoms with E-state index >= 15 is 0 Å². The van der Waals surface area contributed by atoms with Gasteiger partial charge in [-0.25, -0.2) is 4.39 Å². The minimum Gasteiger partial charge on any atom is -0.315 e. The molecule has 2 heterocycles. The number of carbonyl (C=O) groups is 2. The molecule has 1 unspecified atom stereocenters. The van der Waals surface area contributed by atoms with Crippen molar-refractivity contribution in [3.63, 3.8) is 0 Å². The highest BCUT2D eigenvalue weighted by Gasteiger charge is 2.59. The molecule has 0 radical (unpaired) electrons. The summed E-state index contributed by atoms with van der Waals surface area (Å²) in [5.41, 5.74) is 2.38. The first-order chi connectivity index (χ1) is 13.4. The lowest BCUT2D eigenvalue weighted by Crippen LogP contribution is -2.50. The lowest BCUT2D eigenvalue weighted by molar-refractivity contribution is -0.140. The lowest BCUT2D eigenvalue weighted by Gasteiger charge is -2.33. The Morgan fingerprint density at radius 2 is 2.00 bits per heavy atom. The summed E-state index contributed by atoms with van der Waals surface area (Å²) in [5, 5.41) is 0. The number of carbonyl (C=O) groups excluding carboxylic acids is 2. The van der Waals surface area contributed by atoms with Crippen LogP contribution in [0.1, 0.15) is 31.4 Å². The van der Waals surface area contributed by atoms with E-state index in [1.807, 2.05) is 44.2 Å². The number of hydrogen-bond donors (Lipinski definition) is 0. The van der Waals surface area contributed by atoms with E-state index in [0.717, 1.165) is 22.6 Å². The van der Waals surface area contributed by atoms with Gasteiger partial charge in [-0.15, -0.1) is 11.8 Å². The van der Waals surface area contributed by atoms with E-state index in [4.69, 9.17) is 0 Å². The highest BCUT2D eigenvalue weighted by Crippen LogP contribution is 2.54. The number of para-hydroxylation sites is 1. The summed E-state index contributed by atoms with van der Waals surface area (Å²) in [5.74, 6) is 0.521. The predicted octanol–water partition coefficient (Wildman–Crippen LogP) is 4.15. The second-order valence-electron chi connectivity index (χ2n) is 7.67. The van der Waals surface area contributed by atoms with Crippen molar-refractivity contribution in [1.29, 1.82) is 0 Å². The normalized spacial score (nSPS) is 21.1. The first-order valence-electron chi connectivity index (χ1n) is 9.54. The van der Waals surface area contributed by atoms with Crippen LogP contribution >= 0.6 is 11.8 Å². The van der Waals surface area contributed by atoms with Crippen LogP contribution in [-0.4, -0.2) is 29.0 Å². The van der Waals surface area contributed by atoms with Crippen molar-refractivity contribution in [2.45, 2.75) is 31.7 Å². The Balaban J connectivity index is 1.75. The fourth-order valence-electron chi connectivity index (χ4n) is 4.06. The fraction of sp³-hybridized carbons (Fsp3) is 0.364. The molecule has 28 heavy (non-hydrogen) atoms. The maximum Gasteiger partial charge on any atom is 0.268 e. The maximum absolute atomic E-state index is 13.7. The van der Waals surface area contributed by atoms with Gasteiger partial charge in [-0.3, -0.25) is 9.59 Å². The minimum absolute atomic E-state index is 0.00996. The van der Waals surface area contributed by atoms with E-state index in [9.17, 15) is 14.0 Å². The lowest BCUT2D eigenvalue weighted by atomic mass is 10.0. The number of benzene rings is 2. The molecule has 0 N–H and O–H groups in total. The molecule has 0 aliphatic carbocycles. The summed E-state index contributed by atoms with van der Waals surface area (Å²) in [4.78, 5) is 29.1. The molecule has 1 spiro atoms. The molecular weight excluding hydrogens is 375 g/mol. The largest absolute Gasteiger partial charge is 0.315 e. The molecule has 1 saturated heterocycles. The fourth-order valence-corrected chi connectivity index (χ4v) is 5.54. The number of fused-ring (bicyclic) bond motifs is 2. The van der Waals surface area contributed by atoms with Crippen LogP contribution in [0.5, 0.6) is 0 Å². The van der Waals surface area contributed by atoms with Gasteiger partial charge in [-0.05, 0) is 29.7 Å². The van der Waals surface area contributed by atoms with Crippen molar-refractivity contribution in [2.24, 2.45) is 5.92 Å². The van der Waals surface area contributed by atoms with Crippen LogP contribution in [0.2, 0.25) is 0 Å². The highest BCUT2D eigenvalue weighted by atomic mass is 32.2. The van der Waals surface area contributed by atoms with Crippen LogP contribution in [-0.2, 0) is 21.0 Å². The van der Waals surface area contributed by atoms with Crippen LogP contribution in [0, 0.1) is 11.7 Å². The average molecular weight is 399 g/mol. The number of hydrogen-bond acceptors (Lipinski definition) is 3. The van der Waals surface area contributed by atoms with Crippen LogP contribution in [0.25, 0.3) is 0 Å². The first kappa shape index (κ1) is 19.0. The number of halogens is 1. The summed E-state index contributed by atoms with van der Waals surface area (Å²) in [7, 11) is 0. The average Bonchev–Trinajstić information content (AvgIpc) is 3.19. The summed E-state index contributed by atoms with van der Waals surface area (Å²) in [6.07, 6.45) is 0.418. The molecule has 146 valence electrons. The Bertz CT molecular complexity index is 932. The van der Waals surface area contributed by atoms with Crippen molar-refractivity contribution < 1.29 is 14.0 Å². The maximum atomic E-state index is 13.7. The van der Waals surface area contributed by atoms with Gasteiger partial charge in [0, 0.05) is 24.3 Å². The van der Waals surface area contributed by atoms with Gasteiger partial charge in [-0.2, -0.15) is 0 Å². The third-order valence-corrected chi connectivity index (χ3v) is 6.63. The summed E-state index contributed by atoms with van der Waals surface area (Å²) < 4.78 is 13.7. The molecule has 2 aliphatic rings. The van der Waals surface area contributed by atoms with Crippen LogP contribution in [0.4, 0.5) is 10.1 Å². The number of rotatable bonds is 4. The van der Waals surface area contributed by atoms with E-state index in [1.165, 1.54) is 23.9 Å². The topological polar surface area (TPSA) is 40.6 Å². The summed E-state index contributed by atoms with van der Waals surface area (Å²) in [6, 6.07) is 13.9. The molecule has 6 heteroatoms. The second-order valence-corrected chi connectivity index (χ2v) is 8.96. The molecule has 1 fully saturated rings. The van der Waals surface area contributed by atoms with E-state index in [0.29, 0.717) is 13.0 Å². The van der Waals surface area contributed by atoms with Crippen LogP contribution in [0.15, 0.2) is 48.5 Å². The number of nitrogens with zero attached hydrogens (tertiary/aromatic N) is 2. The zero-order chi connectivity index (χ0) is 19.9. The highest BCUT2D eigenvalue weighted by molar-refractivity contribution is 8.01. The predicted molar refractivity (Wildman–Crippen MR) is 109 cm³/mol. The van der Waals surface area contributed by atoms with Gasteiger partial charge in [0.25, 0.3) is 5.91 Å². The Morgan fingerprint density at radius 3 is 2.75 bits per heavy atom. The molecule has 0 bridgehead atoms. The van der Waals surface area contributed by atoms with E-state index in [2.05, 4.69) is 0 Å². The summed E-state index contributed by atoms with van der Waals surface area (Å²) in [6.45, 7) is 4.86. The van der Waals surface area contributed by atoms with Crippen molar-refractivity contribution in [1.82, 2.24) is 4.90 Å². The Morgan fingerprint density at radius 1 is 1.21 bits per heavy atom. The molecule has 0 aromatic heterocycles. The SMILES string of the molecule is CC(C)CC(=O)N1CCSC12C(=O)N(Cc1cccc(F)c1)c1ccccc12. The quantitative estimate of drug-likeness (QED) is 0.777. The molecule has 2 aromatic carbocycles. The van der Waals surface area contributed by atoms with Gasteiger partial charge in [0.1, 0.15) is 5.82 Å². The number of amides is 2. The van der Waals surface area contributed by atoms with Gasteiger partial charge in [-0.1, -0.05) is 44.2 Å². The van der Waals surface area contributed by atoms with Crippen molar-refractivity contribution in [3.05, 3.63) is 65.5 Å². The minimum atomic E-state index is -1.00. The van der Waals surface area contributed by atoms with Gasteiger partial charge >= 0.3 is 0 Å². The molecule has 4 nitrogen and oxygen atoms in total. The van der Waals surface area contributed by atoms with Crippen LogP contribution < -0.4 is 4.90 Å². The van der Waals surface area contributed by atoms with Crippen molar-refractivity contribution in [2.75, 3.05) is 17.2 Å². The van der Waals surface area contributed by atoms with Crippen LogP contribution in [0.3, 0.4) is 0 Å². The van der Waals surface area contributed by atoms with Crippen molar-refractivity contribution in [3.8, 4) is 0 Å². The van der Waals surface area contributed by atoms with E-state index in [1.54, 1.807) is 15.9 Å². The van der Waals surface area contributed by atoms with Gasteiger partial charge in [0.2, 0.25) is 5.91 Å². The summed E-state index contributed by atoms with van der Waals surface area (Å²) >= 11 is 1.52. The molecule has 2 amide bonds. The van der Waals surface area contributed by atoms with E-state index < -0.39 is 4.87 Å². The third kappa shape index (κ3) is 3.00. The van der Waals surface area contributed by atoms with Gasteiger partial charge < -0.3 is 9.80 Å².